The Bertz CT molecular complexity index is 603. The topological polar surface area (TPSA) is 29.5 Å². The lowest BCUT2D eigenvalue weighted by atomic mass is 10.2. The minimum atomic E-state index is 0.0939. The maximum Gasteiger partial charge on any atom is 0.121 e. The minimum Gasteiger partial charge on any atom is -0.489 e. The van der Waals surface area contributed by atoms with Crippen LogP contribution in [-0.2, 0) is 6.61 Å². The van der Waals surface area contributed by atoms with Crippen molar-refractivity contribution in [2.24, 2.45) is 0 Å². The van der Waals surface area contributed by atoms with Crippen LogP contribution in [0.15, 0.2) is 48.5 Å². The zero-order chi connectivity index (χ0) is 14.2. The van der Waals surface area contributed by atoms with E-state index in [0.717, 1.165) is 16.9 Å². The second-order valence-corrected chi connectivity index (χ2v) is 4.58. The van der Waals surface area contributed by atoms with Gasteiger partial charge in [0.05, 0.1) is 6.61 Å². The van der Waals surface area contributed by atoms with Crippen LogP contribution in [0, 0.1) is 18.8 Å². The Morgan fingerprint density at radius 2 is 1.90 bits per heavy atom. The third-order valence-electron chi connectivity index (χ3n) is 2.83. The molecule has 0 bridgehead atoms. The van der Waals surface area contributed by atoms with Gasteiger partial charge in [-0.3, -0.25) is 0 Å². The normalized spacial score (nSPS) is 9.70. The number of rotatable bonds is 4. The van der Waals surface area contributed by atoms with Crippen molar-refractivity contribution in [3.05, 3.63) is 65.2 Å². The summed E-state index contributed by atoms with van der Waals surface area (Å²) in [6.07, 6.45) is 0.494. The Hall–Kier alpha value is -2.24. The molecule has 0 spiro atoms. The van der Waals surface area contributed by atoms with Crippen molar-refractivity contribution in [2.45, 2.75) is 20.0 Å². The molecule has 2 rings (SSSR count). The van der Waals surface area contributed by atoms with Gasteiger partial charge in [-0.05, 0) is 30.7 Å². The molecular weight excluding hydrogens is 248 g/mol. The Morgan fingerprint density at radius 1 is 1.10 bits per heavy atom. The van der Waals surface area contributed by atoms with Crippen molar-refractivity contribution in [2.75, 3.05) is 6.61 Å². The Kier molecular flexibility index (Phi) is 5.23. The lowest BCUT2D eigenvalue weighted by molar-refractivity contribution is 0.305. The molecule has 1 N–H and O–H groups in total. The van der Waals surface area contributed by atoms with Crippen LogP contribution in [-0.4, -0.2) is 11.7 Å². The summed E-state index contributed by atoms with van der Waals surface area (Å²) in [6.45, 7) is 2.71. The molecule has 20 heavy (non-hydrogen) atoms. The van der Waals surface area contributed by atoms with Crippen LogP contribution >= 0.6 is 0 Å². The van der Waals surface area contributed by atoms with Crippen molar-refractivity contribution in [3.8, 4) is 17.6 Å². The average molecular weight is 266 g/mol. The van der Waals surface area contributed by atoms with Crippen LogP contribution < -0.4 is 4.74 Å². The predicted molar refractivity (Wildman–Crippen MR) is 80.5 cm³/mol. The van der Waals surface area contributed by atoms with E-state index >= 15 is 0 Å². The van der Waals surface area contributed by atoms with Gasteiger partial charge in [0.25, 0.3) is 0 Å². The van der Waals surface area contributed by atoms with E-state index in [1.165, 1.54) is 5.56 Å². The van der Waals surface area contributed by atoms with E-state index in [-0.39, 0.29) is 6.61 Å². The number of hydrogen-bond acceptors (Lipinski definition) is 2. The lowest BCUT2D eigenvalue weighted by Crippen LogP contribution is -1.95. The number of aliphatic hydroxyl groups is 1. The molecule has 0 aliphatic rings. The third kappa shape index (κ3) is 4.46. The summed E-state index contributed by atoms with van der Waals surface area (Å²) in [7, 11) is 0. The summed E-state index contributed by atoms with van der Waals surface area (Å²) in [5, 5.41) is 8.70. The van der Waals surface area contributed by atoms with Crippen molar-refractivity contribution in [1.82, 2.24) is 0 Å². The fourth-order valence-electron chi connectivity index (χ4n) is 1.74. The molecule has 0 aliphatic carbocycles. The third-order valence-corrected chi connectivity index (χ3v) is 2.83. The molecule has 0 aromatic heterocycles. The number of aliphatic hydroxyl groups excluding tert-OH is 1. The first kappa shape index (κ1) is 14.2. The van der Waals surface area contributed by atoms with E-state index in [2.05, 4.69) is 43.0 Å². The van der Waals surface area contributed by atoms with Crippen molar-refractivity contribution >= 4 is 0 Å². The average Bonchev–Trinajstić information content (AvgIpc) is 2.47. The van der Waals surface area contributed by atoms with Gasteiger partial charge in [0.2, 0.25) is 0 Å². The summed E-state index contributed by atoms with van der Waals surface area (Å²) in [5.41, 5.74) is 3.29. The Balaban J connectivity index is 1.98. The maximum atomic E-state index is 8.70. The number of ether oxygens (including phenoxy) is 1. The molecule has 2 aromatic carbocycles. The second kappa shape index (κ2) is 7.37. The highest BCUT2D eigenvalue weighted by molar-refractivity contribution is 5.39. The number of benzene rings is 2. The molecule has 0 atom stereocenters. The van der Waals surface area contributed by atoms with Crippen LogP contribution in [0.2, 0.25) is 0 Å². The molecule has 0 heterocycles. The summed E-state index contributed by atoms with van der Waals surface area (Å²) >= 11 is 0. The van der Waals surface area contributed by atoms with E-state index in [1.807, 2.05) is 24.3 Å². The van der Waals surface area contributed by atoms with Gasteiger partial charge in [-0.25, -0.2) is 0 Å². The standard InChI is InChI=1S/C18H18O2/c1-15-8-10-17(11-9-15)14-20-18-7-4-6-16(13-18)5-2-3-12-19/h4,6-11,13,19H,3,12,14H2,1H3. The molecule has 0 saturated carbocycles. The van der Waals surface area contributed by atoms with E-state index in [9.17, 15) is 0 Å². The lowest BCUT2D eigenvalue weighted by Gasteiger charge is -2.06. The van der Waals surface area contributed by atoms with Gasteiger partial charge in [0, 0.05) is 12.0 Å². The van der Waals surface area contributed by atoms with Crippen molar-refractivity contribution in [3.63, 3.8) is 0 Å². The van der Waals surface area contributed by atoms with Crippen LogP contribution in [0.3, 0.4) is 0 Å². The second-order valence-electron chi connectivity index (χ2n) is 4.58. The van der Waals surface area contributed by atoms with Gasteiger partial charge in [-0.1, -0.05) is 47.7 Å². The van der Waals surface area contributed by atoms with E-state index in [0.29, 0.717) is 13.0 Å². The first-order chi connectivity index (χ1) is 9.78. The highest BCUT2D eigenvalue weighted by Crippen LogP contribution is 2.15. The van der Waals surface area contributed by atoms with Gasteiger partial charge in [0.15, 0.2) is 0 Å². The Morgan fingerprint density at radius 3 is 2.65 bits per heavy atom. The van der Waals surface area contributed by atoms with E-state index < -0.39 is 0 Å². The van der Waals surface area contributed by atoms with E-state index in [4.69, 9.17) is 9.84 Å². The number of hydrogen-bond donors (Lipinski definition) is 1. The first-order valence-corrected chi connectivity index (χ1v) is 6.66. The molecule has 2 aromatic rings. The van der Waals surface area contributed by atoms with Crippen molar-refractivity contribution in [1.29, 1.82) is 0 Å². The molecule has 0 saturated heterocycles. The summed E-state index contributed by atoms with van der Waals surface area (Å²) in [4.78, 5) is 0. The van der Waals surface area contributed by atoms with Crippen LogP contribution in [0.4, 0.5) is 0 Å². The van der Waals surface area contributed by atoms with Crippen LogP contribution in [0.25, 0.3) is 0 Å². The minimum absolute atomic E-state index is 0.0939. The number of aryl methyl sites for hydroxylation is 1. The first-order valence-electron chi connectivity index (χ1n) is 6.66. The fraction of sp³-hybridized carbons (Fsp3) is 0.222. The van der Waals surface area contributed by atoms with Crippen LogP contribution in [0.5, 0.6) is 5.75 Å². The zero-order valence-electron chi connectivity index (χ0n) is 11.6. The molecule has 102 valence electrons. The maximum absolute atomic E-state index is 8.70. The molecule has 2 nitrogen and oxygen atoms in total. The van der Waals surface area contributed by atoms with Gasteiger partial charge >= 0.3 is 0 Å². The summed E-state index contributed by atoms with van der Waals surface area (Å²) in [6, 6.07) is 16.0. The Labute approximate surface area is 120 Å². The molecular formula is C18H18O2. The van der Waals surface area contributed by atoms with Gasteiger partial charge in [-0.2, -0.15) is 0 Å². The molecule has 0 fully saturated rings. The molecule has 0 amide bonds. The van der Waals surface area contributed by atoms with E-state index in [1.54, 1.807) is 0 Å². The van der Waals surface area contributed by atoms with Crippen LogP contribution in [0.1, 0.15) is 23.1 Å². The largest absolute Gasteiger partial charge is 0.489 e. The van der Waals surface area contributed by atoms with Gasteiger partial charge in [0.1, 0.15) is 12.4 Å². The highest BCUT2D eigenvalue weighted by atomic mass is 16.5. The highest BCUT2D eigenvalue weighted by Gasteiger charge is 1.97. The molecule has 2 heteroatoms. The monoisotopic (exact) mass is 266 g/mol. The predicted octanol–water partition coefficient (Wildman–Crippen LogP) is 3.31. The summed E-state index contributed by atoms with van der Waals surface area (Å²) in [5.74, 6) is 6.71. The molecule has 0 aliphatic heterocycles. The fourth-order valence-corrected chi connectivity index (χ4v) is 1.74. The quantitative estimate of drug-likeness (QED) is 0.860. The zero-order valence-corrected chi connectivity index (χ0v) is 11.6. The van der Waals surface area contributed by atoms with Crippen molar-refractivity contribution < 1.29 is 9.84 Å². The molecule has 0 radical (unpaired) electrons. The van der Waals surface area contributed by atoms with Gasteiger partial charge < -0.3 is 9.84 Å². The SMILES string of the molecule is Cc1ccc(COc2cccc(C#CCCO)c2)cc1. The van der Waals surface area contributed by atoms with Gasteiger partial charge in [-0.15, -0.1) is 0 Å². The smallest absolute Gasteiger partial charge is 0.121 e. The summed E-state index contributed by atoms with van der Waals surface area (Å²) < 4.78 is 5.76. The molecule has 0 unspecified atom stereocenters.